The molecule has 2 aromatic heterocycles. The summed E-state index contributed by atoms with van der Waals surface area (Å²) in [6.07, 6.45) is 1.76. The number of fused-ring (bicyclic) bond motifs is 1. The number of anilines is 1. The molecule has 19 heavy (non-hydrogen) atoms. The largest absolute Gasteiger partial charge is 0.358 e. The number of aromatic amines is 1. The molecule has 94 valence electrons. The van der Waals surface area contributed by atoms with E-state index in [4.69, 9.17) is 5.26 Å². The highest BCUT2D eigenvalue weighted by atomic mass is 32.2. The minimum absolute atomic E-state index is 0.692. The van der Waals surface area contributed by atoms with Crippen molar-refractivity contribution in [3.8, 4) is 6.07 Å². The van der Waals surface area contributed by atoms with E-state index in [1.54, 1.807) is 29.5 Å². The number of aryl methyl sites for hydroxylation is 1. The van der Waals surface area contributed by atoms with Crippen LogP contribution in [-0.4, -0.2) is 4.98 Å². The maximum absolute atomic E-state index is 9.13. The van der Waals surface area contributed by atoms with E-state index in [2.05, 4.69) is 27.2 Å². The van der Waals surface area contributed by atoms with Crippen LogP contribution in [0.1, 0.15) is 11.1 Å². The predicted molar refractivity (Wildman–Crippen MR) is 81.5 cm³/mol. The summed E-state index contributed by atoms with van der Waals surface area (Å²) in [7, 11) is 0. The number of hydrogen-bond acceptors (Lipinski definition) is 4. The summed E-state index contributed by atoms with van der Waals surface area (Å²) in [4.78, 5) is 3.18. The molecular formula is C14H11N3S2. The van der Waals surface area contributed by atoms with E-state index in [1.807, 2.05) is 25.1 Å². The minimum Gasteiger partial charge on any atom is -0.358 e. The van der Waals surface area contributed by atoms with Gasteiger partial charge in [0.25, 0.3) is 0 Å². The molecule has 0 fully saturated rings. The average Bonchev–Trinajstić information content (AvgIpc) is 3.07. The van der Waals surface area contributed by atoms with Gasteiger partial charge in [0, 0.05) is 11.6 Å². The van der Waals surface area contributed by atoms with Crippen LogP contribution in [0.3, 0.4) is 0 Å². The number of nitriles is 1. The second-order valence-electron chi connectivity index (χ2n) is 4.13. The summed E-state index contributed by atoms with van der Waals surface area (Å²) >= 11 is 3.28. The Morgan fingerprint density at radius 3 is 3.00 bits per heavy atom. The Kier molecular flexibility index (Phi) is 3.20. The maximum atomic E-state index is 9.13. The molecule has 0 saturated carbocycles. The van der Waals surface area contributed by atoms with Gasteiger partial charge >= 0.3 is 0 Å². The standard InChI is InChI=1S/C14H11N3S2/c1-9-4-5-11(17-19-12-3-2-6-18-12)14-13(9)10(7-15)8-16-14/h2-6,8,16-17H,1H3. The van der Waals surface area contributed by atoms with Crippen LogP contribution in [0.15, 0.2) is 40.1 Å². The predicted octanol–water partition coefficient (Wildman–Crippen LogP) is 4.53. The van der Waals surface area contributed by atoms with Crippen molar-refractivity contribution >= 4 is 39.9 Å². The molecule has 1 aromatic carbocycles. The Labute approximate surface area is 119 Å². The van der Waals surface area contributed by atoms with E-state index in [1.165, 1.54) is 4.21 Å². The molecule has 3 rings (SSSR count). The third-order valence-electron chi connectivity index (χ3n) is 2.92. The molecule has 3 aromatic rings. The van der Waals surface area contributed by atoms with Gasteiger partial charge in [-0.25, -0.2) is 0 Å². The molecule has 2 heterocycles. The van der Waals surface area contributed by atoms with Gasteiger partial charge in [0.1, 0.15) is 6.07 Å². The average molecular weight is 285 g/mol. The third kappa shape index (κ3) is 2.21. The van der Waals surface area contributed by atoms with Crippen molar-refractivity contribution in [2.45, 2.75) is 11.1 Å². The number of aromatic nitrogens is 1. The summed E-state index contributed by atoms with van der Waals surface area (Å²) < 4.78 is 4.55. The van der Waals surface area contributed by atoms with E-state index >= 15 is 0 Å². The highest BCUT2D eigenvalue weighted by molar-refractivity contribution is 8.02. The van der Waals surface area contributed by atoms with Crippen LogP contribution < -0.4 is 4.72 Å². The van der Waals surface area contributed by atoms with Crippen LogP contribution >= 0.6 is 23.3 Å². The van der Waals surface area contributed by atoms with Gasteiger partial charge in [-0.15, -0.1) is 11.3 Å². The van der Waals surface area contributed by atoms with Crippen molar-refractivity contribution in [2.24, 2.45) is 0 Å². The molecule has 0 aliphatic heterocycles. The molecule has 0 atom stereocenters. The number of H-pyrrole nitrogens is 1. The summed E-state index contributed by atoms with van der Waals surface area (Å²) in [6.45, 7) is 2.02. The van der Waals surface area contributed by atoms with Gasteiger partial charge in [0.2, 0.25) is 0 Å². The zero-order valence-electron chi connectivity index (χ0n) is 10.2. The van der Waals surface area contributed by atoms with E-state index in [0.29, 0.717) is 5.56 Å². The molecule has 0 bridgehead atoms. The second-order valence-corrected chi connectivity index (χ2v) is 6.18. The topological polar surface area (TPSA) is 51.6 Å². The lowest BCUT2D eigenvalue weighted by molar-refractivity contribution is 1.44. The second kappa shape index (κ2) is 5.00. The number of nitrogens with zero attached hydrogens (tertiary/aromatic N) is 1. The number of rotatable bonds is 3. The molecule has 0 aliphatic rings. The molecular weight excluding hydrogens is 274 g/mol. The monoisotopic (exact) mass is 285 g/mol. The first kappa shape index (κ1) is 12.2. The lowest BCUT2D eigenvalue weighted by atomic mass is 10.1. The fourth-order valence-electron chi connectivity index (χ4n) is 2.02. The van der Waals surface area contributed by atoms with Gasteiger partial charge < -0.3 is 9.71 Å². The Balaban J connectivity index is 1.98. The molecule has 2 N–H and O–H groups in total. The summed E-state index contributed by atoms with van der Waals surface area (Å²) in [5.41, 5.74) is 3.79. The van der Waals surface area contributed by atoms with Crippen molar-refractivity contribution in [3.05, 3.63) is 47.0 Å². The first-order valence-corrected chi connectivity index (χ1v) is 7.46. The first-order valence-electron chi connectivity index (χ1n) is 5.77. The molecule has 0 spiro atoms. The SMILES string of the molecule is Cc1ccc(NSc2cccs2)c2[nH]cc(C#N)c12. The van der Waals surface area contributed by atoms with E-state index in [-0.39, 0.29) is 0 Å². The molecule has 0 amide bonds. The molecule has 0 saturated heterocycles. The van der Waals surface area contributed by atoms with Crippen LogP contribution in [0, 0.1) is 18.3 Å². The lowest BCUT2D eigenvalue weighted by Crippen LogP contribution is -1.88. The molecule has 3 nitrogen and oxygen atoms in total. The normalized spacial score (nSPS) is 10.5. The minimum atomic E-state index is 0.692. The third-order valence-corrected chi connectivity index (χ3v) is 4.78. The van der Waals surface area contributed by atoms with Crippen molar-refractivity contribution in [2.75, 3.05) is 4.72 Å². The first-order chi connectivity index (χ1) is 9.29. The van der Waals surface area contributed by atoms with Crippen molar-refractivity contribution in [1.82, 2.24) is 4.98 Å². The Bertz CT molecular complexity index is 751. The van der Waals surface area contributed by atoms with Gasteiger partial charge in [-0.1, -0.05) is 12.1 Å². The molecule has 0 aliphatic carbocycles. The van der Waals surface area contributed by atoms with Crippen LogP contribution in [-0.2, 0) is 0 Å². The van der Waals surface area contributed by atoms with Crippen molar-refractivity contribution in [3.63, 3.8) is 0 Å². The summed E-state index contributed by atoms with van der Waals surface area (Å²) in [5, 5.41) is 12.2. The quantitative estimate of drug-likeness (QED) is 0.695. The van der Waals surface area contributed by atoms with Gasteiger partial charge in [0.05, 0.1) is 21.0 Å². The Morgan fingerprint density at radius 1 is 1.37 bits per heavy atom. The summed E-state index contributed by atoms with van der Waals surface area (Å²) in [6, 6.07) is 10.4. The van der Waals surface area contributed by atoms with Crippen molar-refractivity contribution < 1.29 is 0 Å². The molecule has 0 unspecified atom stereocenters. The van der Waals surface area contributed by atoms with Crippen molar-refractivity contribution in [1.29, 1.82) is 5.26 Å². The molecule has 5 heteroatoms. The van der Waals surface area contributed by atoms with Gasteiger partial charge in [-0.05, 0) is 41.9 Å². The van der Waals surface area contributed by atoms with Gasteiger partial charge in [-0.3, -0.25) is 0 Å². The zero-order chi connectivity index (χ0) is 13.2. The molecule has 0 radical (unpaired) electrons. The fraction of sp³-hybridized carbons (Fsp3) is 0.0714. The number of thiophene rings is 1. The van der Waals surface area contributed by atoms with Crippen LogP contribution in [0.2, 0.25) is 0 Å². The van der Waals surface area contributed by atoms with Gasteiger partial charge in [-0.2, -0.15) is 5.26 Å². The lowest BCUT2D eigenvalue weighted by Gasteiger charge is -2.07. The fourth-order valence-corrected chi connectivity index (χ4v) is 3.48. The highest BCUT2D eigenvalue weighted by Gasteiger charge is 2.10. The van der Waals surface area contributed by atoms with E-state index < -0.39 is 0 Å². The summed E-state index contributed by atoms with van der Waals surface area (Å²) in [5.74, 6) is 0. The van der Waals surface area contributed by atoms with Crippen LogP contribution in [0.5, 0.6) is 0 Å². The van der Waals surface area contributed by atoms with E-state index in [9.17, 15) is 0 Å². The number of hydrogen-bond donors (Lipinski definition) is 2. The maximum Gasteiger partial charge on any atom is 0.101 e. The smallest absolute Gasteiger partial charge is 0.101 e. The zero-order valence-corrected chi connectivity index (χ0v) is 11.9. The Morgan fingerprint density at radius 2 is 2.26 bits per heavy atom. The van der Waals surface area contributed by atoms with Crippen LogP contribution in [0.25, 0.3) is 10.9 Å². The van der Waals surface area contributed by atoms with Gasteiger partial charge in [0.15, 0.2) is 0 Å². The number of benzene rings is 1. The Hall–Kier alpha value is -1.90. The van der Waals surface area contributed by atoms with E-state index in [0.717, 1.165) is 22.2 Å². The van der Waals surface area contributed by atoms with Crippen LogP contribution in [0.4, 0.5) is 5.69 Å². The number of nitrogens with one attached hydrogen (secondary N) is 2. The highest BCUT2D eigenvalue weighted by Crippen LogP contribution is 2.32.